The summed E-state index contributed by atoms with van der Waals surface area (Å²) in [6, 6.07) is 14.7. The Hall–Kier alpha value is -3.32. The maximum absolute atomic E-state index is 14.8. The van der Waals surface area contributed by atoms with Gasteiger partial charge in [0.15, 0.2) is 5.41 Å². The third-order valence-corrected chi connectivity index (χ3v) is 6.68. The molecule has 6 nitrogen and oxygen atoms in total. The second-order valence-electron chi connectivity index (χ2n) is 7.44. The molecule has 0 saturated carbocycles. The highest BCUT2D eigenvalue weighted by molar-refractivity contribution is 9.10. The van der Waals surface area contributed by atoms with Crippen LogP contribution in [-0.4, -0.2) is 5.90 Å². The molecule has 2 aliphatic rings. The second-order valence-corrected chi connectivity index (χ2v) is 8.36. The first kappa shape index (κ1) is 20.9. The van der Waals surface area contributed by atoms with E-state index in [1.54, 1.807) is 36.4 Å². The summed E-state index contributed by atoms with van der Waals surface area (Å²) in [5.74, 6) is -5.12. The molecular formula is C22H13BrF2N4O2. The number of nitriles is 3. The maximum atomic E-state index is 14.8. The highest BCUT2D eigenvalue weighted by Crippen LogP contribution is 2.69. The topological polar surface area (TPSA) is 114 Å². The van der Waals surface area contributed by atoms with Crippen molar-refractivity contribution in [2.24, 2.45) is 16.7 Å². The van der Waals surface area contributed by atoms with E-state index in [1.165, 1.54) is 6.92 Å². The van der Waals surface area contributed by atoms with Gasteiger partial charge in [-0.05, 0) is 30.3 Å². The SMILES string of the molecule is CC1C2(c3ccc(Br)cc3)OC(=N)C1(C#N)C(C#N)(C#N)C(c1cc(F)ccc1F)O2. The van der Waals surface area contributed by atoms with E-state index in [0.29, 0.717) is 5.56 Å². The Labute approximate surface area is 184 Å². The van der Waals surface area contributed by atoms with Crippen LogP contribution >= 0.6 is 15.9 Å². The first-order valence-corrected chi connectivity index (χ1v) is 9.92. The zero-order valence-electron chi connectivity index (χ0n) is 16.0. The van der Waals surface area contributed by atoms with Crippen molar-refractivity contribution in [3.63, 3.8) is 0 Å². The van der Waals surface area contributed by atoms with Gasteiger partial charge in [-0.2, -0.15) is 15.8 Å². The third kappa shape index (κ3) is 2.44. The van der Waals surface area contributed by atoms with E-state index < -0.39 is 51.7 Å². The van der Waals surface area contributed by atoms with Gasteiger partial charge in [0.05, 0.1) is 24.1 Å². The molecule has 2 aromatic rings. The summed E-state index contributed by atoms with van der Waals surface area (Å²) < 4.78 is 41.5. The van der Waals surface area contributed by atoms with E-state index in [2.05, 4.69) is 15.9 Å². The van der Waals surface area contributed by atoms with Crippen molar-refractivity contribution >= 4 is 21.8 Å². The normalized spacial score (nSPS) is 30.5. The summed E-state index contributed by atoms with van der Waals surface area (Å²) in [5, 5.41) is 38.9. The number of benzene rings is 2. The largest absolute Gasteiger partial charge is 0.443 e. The molecule has 4 unspecified atom stereocenters. The fourth-order valence-electron chi connectivity index (χ4n) is 4.54. The average Bonchev–Trinajstić information content (AvgIpc) is 2.92. The number of rotatable bonds is 2. The van der Waals surface area contributed by atoms with Gasteiger partial charge in [-0.1, -0.05) is 35.0 Å². The van der Waals surface area contributed by atoms with Crippen molar-refractivity contribution in [1.29, 1.82) is 21.2 Å². The van der Waals surface area contributed by atoms with Crippen molar-refractivity contribution in [3.05, 3.63) is 69.7 Å². The lowest BCUT2D eigenvalue weighted by Gasteiger charge is -2.48. The van der Waals surface area contributed by atoms with E-state index >= 15 is 0 Å². The third-order valence-electron chi connectivity index (χ3n) is 6.16. The molecular weight excluding hydrogens is 470 g/mol. The van der Waals surface area contributed by atoms with Crippen molar-refractivity contribution in [3.8, 4) is 18.2 Å². The van der Waals surface area contributed by atoms with Crippen LogP contribution in [0, 0.1) is 67.8 Å². The molecule has 1 N–H and O–H groups in total. The minimum Gasteiger partial charge on any atom is -0.443 e. The zero-order valence-corrected chi connectivity index (χ0v) is 17.6. The van der Waals surface area contributed by atoms with Gasteiger partial charge in [0.1, 0.15) is 17.7 Å². The minimum atomic E-state index is -2.37. The Morgan fingerprint density at radius 2 is 1.68 bits per heavy atom. The monoisotopic (exact) mass is 482 g/mol. The number of hydrogen-bond donors (Lipinski definition) is 1. The number of nitrogens with one attached hydrogen (secondary N) is 1. The second kappa shape index (κ2) is 6.85. The summed E-state index contributed by atoms with van der Waals surface area (Å²) in [6.07, 6.45) is -1.71. The van der Waals surface area contributed by atoms with Crippen molar-refractivity contribution in [1.82, 2.24) is 0 Å². The highest BCUT2D eigenvalue weighted by atomic mass is 79.9. The van der Waals surface area contributed by atoms with E-state index in [4.69, 9.17) is 14.9 Å². The van der Waals surface area contributed by atoms with Crippen LogP contribution in [0.5, 0.6) is 0 Å². The Morgan fingerprint density at radius 1 is 1.03 bits per heavy atom. The molecule has 0 radical (unpaired) electrons. The molecule has 154 valence electrons. The van der Waals surface area contributed by atoms with Crippen molar-refractivity contribution in [2.45, 2.75) is 18.8 Å². The average molecular weight is 483 g/mol. The van der Waals surface area contributed by atoms with Crippen LogP contribution in [0.25, 0.3) is 0 Å². The van der Waals surface area contributed by atoms with Gasteiger partial charge in [0.25, 0.3) is 0 Å². The smallest absolute Gasteiger partial charge is 0.244 e. The molecule has 0 aliphatic carbocycles. The molecule has 2 fully saturated rings. The maximum Gasteiger partial charge on any atom is 0.244 e. The molecule has 2 aromatic carbocycles. The van der Waals surface area contributed by atoms with Gasteiger partial charge in [-0.25, -0.2) is 8.78 Å². The molecule has 4 rings (SSSR count). The van der Waals surface area contributed by atoms with E-state index in [0.717, 1.165) is 22.7 Å². The van der Waals surface area contributed by atoms with Crippen LogP contribution < -0.4 is 0 Å². The van der Waals surface area contributed by atoms with E-state index in [-0.39, 0.29) is 0 Å². The number of ether oxygens (including phenoxy) is 2. The first-order chi connectivity index (χ1) is 14.7. The number of hydrogen-bond acceptors (Lipinski definition) is 6. The van der Waals surface area contributed by atoms with Crippen LogP contribution in [0.15, 0.2) is 46.9 Å². The molecule has 4 atom stereocenters. The quantitative estimate of drug-likeness (QED) is 0.657. The standard InChI is InChI=1S/C22H13BrF2N4O2/c1-12-21(11-28)19(29)31-22(12,13-2-4-14(23)5-3-13)30-18(20(21,9-26)10-27)16-8-15(24)6-7-17(16)25/h2-8,12,18,29H,1H3. The number of fused-ring (bicyclic) bond motifs is 2. The van der Waals surface area contributed by atoms with Crippen molar-refractivity contribution in [2.75, 3.05) is 0 Å². The van der Waals surface area contributed by atoms with Crippen LogP contribution in [0.1, 0.15) is 24.2 Å². The molecule has 0 spiro atoms. The lowest BCUT2D eigenvalue weighted by atomic mass is 9.53. The van der Waals surface area contributed by atoms with Gasteiger partial charge in [-0.3, -0.25) is 5.41 Å². The lowest BCUT2D eigenvalue weighted by molar-refractivity contribution is -0.289. The van der Waals surface area contributed by atoms with Gasteiger partial charge < -0.3 is 9.47 Å². The Balaban J connectivity index is 2.07. The fourth-order valence-corrected chi connectivity index (χ4v) is 4.81. The Bertz CT molecular complexity index is 1220. The first-order valence-electron chi connectivity index (χ1n) is 9.13. The molecule has 9 heteroatoms. The summed E-state index contributed by atoms with van der Waals surface area (Å²) in [7, 11) is 0. The van der Waals surface area contributed by atoms with Crippen molar-refractivity contribution < 1.29 is 18.3 Å². The summed E-state index contributed by atoms with van der Waals surface area (Å²) >= 11 is 3.32. The molecule has 31 heavy (non-hydrogen) atoms. The Kier molecular flexibility index (Phi) is 4.63. The van der Waals surface area contributed by atoms with Crippen LogP contribution in [-0.2, 0) is 15.3 Å². The fraction of sp³-hybridized carbons (Fsp3) is 0.273. The van der Waals surface area contributed by atoms with E-state index in [1.807, 2.05) is 6.07 Å². The van der Waals surface area contributed by atoms with Gasteiger partial charge >= 0.3 is 0 Å². The molecule has 0 amide bonds. The van der Waals surface area contributed by atoms with Crippen LogP contribution in [0.3, 0.4) is 0 Å². The Morgan fingerprint density at radius 3 is 2.26 bits per heavy atom. The summed E-state index contributed by atoms with van der Waals surface area (Å²) in [6.45, 7) is 1.54. The molecule has 0 aromatic heterocycles. The lowest BCUT2D eigenvalue weighted by Crippen LogP contribution is -2.57. The molecule has 2 heterocycles. The zero-order chi connectivity index (χ0) is 22.6. The predicted octanol–water partition coefficient (Wildman–Crippen LogP) is 4.84. The summed E-state index contributed by atoms with van der Waals surface area (Å²) in [4.78, 5) is 0. The minimum absolute atomic E-state index is 0.399. The van der Waals surface area contributed by atoms with Crippen LogP contribution in [0.4, 0.5) is 8.78 Å². The predicted molar refractivity (Wildman–Crippen MR) is 106 cm³/mol. The molecule has 2 saturated heterocycles. The van der Waals surface area contributed by atoms with Crippen LogP contribution in [0.2, 0.25) is 0 Å². The molecule has 2 aliphatic heterocycles. The number of halogens is 3. The van der Waals surface area contributed by atoms with Gasteiger partial charge in [0.2, 0.25) is 17.1 Å². The highest BCUT2D eigenvalue weighted by Gasteiger charge is 2.80. The van der Waals surface area contributed by atoms with E-state index in [9.17, 15) is 24.6 Å². The molecule has 2 bridgehead atoms. The van der Waals surface area contributed by atoms with Gasteiger partial charge in [-0.15, -0.1) is 0 Å². The summed E-state index contributed by atoms with van der Waals surface area (Å²) in [5.41, 5.74) is -4.47. The number of nitrogens with zero attached hydrogens (tertiary/aromatic N) is 3. The van der Waals surface area contributed by atoms with Gasteiger partial charge in [0, 0.05) is 15.6 Å².